The maximum absolute atomic E-state index is 13.2. The van der Waals surface area contributed by atoms with Crippen molar-refractivity contribution in [2.24, 2.45) is 35.5 Å². The van der Waals surface area contributed by atoms with Gasteiger partial charge in [-0.15, -0.1) is 0 Å². The van der Waals surface area contributed by atoms with Crippen LogP contribution in [0.5, 0.6) is 0 Å². The molecule has 500 valence electrons. The van der Waals surface area contributed by atoms with Crippen molar-refractivity contribution >= 4 is 47.6 Å². The molecule has 17 nitrogen and oxygen atoms in total. The average molecular weight is 1240 g/mol. The van der Waals surface area contributed by atoms with Crippen LogP contribution in [0.3, 0.4) is 0 Å². The van der Waals surface area contributed by atoms with E-state index in [9.17, 15) is 48.6 Å². The number of allylic oxidation sites excluding steroid dienone is 12. The molecule has 0 aromatic carbocycles. The Morgan fingerprint density at radius 1 is 0.614 bits per heavy atom. The number of cyclic esters (lactones) is 2. The van der Waals surface area contributed by atoms with Crippen molar-refractivity contribution in [3.63, 3.8) is 0 Å². The molecule has 0 amide bonds. The molecule has 0 aliphatic carbocycles. The van der Waals surface area contributed by atoms with Crippen molar-refractivity contribution in [2.45, 2.75) is 271 Å². The number of ketones is 1. The van der Waals surface area contributed by atoms with Crippen LogP contribution in [-0.4, -0.2) is 105 Å². The monoisotopic (exact) mass is 1240 g/mol. The molecular formula is C71H116O17+2. The fourth-order valence-corrected chi connectivity index (χ4v) is 10.9. The minimum absolute atomic E-state index is 0.0182. The third-order valence-corrected chi connectivity index (χ3v) is 16.2. The Hall–Kier alpha value is -5.52. The van der Waals surface area contributed by atoms with Crippen LogP contribution in [0.4, 0.5) is 0 Å². The van der Waals surface area contributed by atoms with Gasteiger partial charge < -0.3 is 44.5 Å². The third-order valence-electron chi connectivity index (χ3n) is 16.2. The predicted molar refractivity (Wildman–Crippen MR) is 345 cm³/mol. The summed E-state index contributed by atoms with van der Waals surface area (Å²) < 4.78 is 22.5. The zero-order valence-corrected chi connectivity index (χ0v) is 54.3. The number of Topliss-reactive ketones (excluding diaryl/α,β-unsaturated/α-hetero) is 1. The van der Waals surface area contributed by atoms with Crippen LogP contribution in [0.1, 0.15) is 259 Å². The van der Waals surface area contributed by atoms with E-state index in [4.69, 9.17) is 34.3 Å². The molecule has 8 atom stereocenters. The van der Waals surface area contributed by atoms with Crippen molar-refractivity contribution in [3.8, 4) is 0 Å². The Bertz CT molecular complexity index is 2140. The van der Waals surface area contributed by atoms with Gasteiger partial charge in [0.25, 0.3) is 0 Å². The Morgan fingerprint density at radius 3 is 1.80 bits per heavy atom. The lowest BCUT2D eigenvalue weighted by Gasteiger charge is -2.27. The number of hydrogen-bond acceptors (Lipinski definition) is 13. The summed E-state index contributed by atoms with van der Waals surface area (Å²) in [6.07, 6.45) is 50.8. The lowest BCUT2D eigenvalue weighted by molar-refractivity contribution is -0.216. The maximum atomic E-state index is 13.2. The van der Waals surface area contributed by atoms with Gasteiger partial charge in [0.15, 0.2) is 11.6 Å². The zero-order valence-electron chi connectivity index (χ0n) is 54.3. The first kappa shape index (κ1) is 80.5. The standard InChI is InChI=1S/C71H114O17/c1-5-8-10-11-27-37-45-58(63-52-67(78)88-70(63)83)46-38-30-24-25-32-40-48-66(77)87-60(54-85-53-59(72)47-39-31-23-19-16-18-22-29-36-44-57(43-34-9-6-2)62(69(81)82)51-65(75)76)55-86-71(4,84)49-41-33-26-20-15-13-12-14-17-21-28-35-42-56(7-3)61(68(79)80)50-64(73)74/h12,14,21-22,28-29,35-36,38,42,44,46,56-58,60-63,84H,5-11,13,15-20,23-27,30-34,37,39-41,43,45,47-55H2,1-4H3,(H,73,74)(H,75,76)(H,79,80)(H,81,82)/p+2/b14-12-,28-21-,29-22-,42-35+,44-36+,46-38+. The molecule has 0 bridgehead atoms. The molecule has 1 fully saturated rings. The van der Waals surface area contributed by atoms with E-state index < -0.39 is 71.4 Å². The first-order valence-corrected chi connectivity index (χ1v) is 33.7. The first-order chi connectivity index (χ1) is 42.3. The van der Waals surface area contributed by atoms with Crippen LogP contribution >= 0.6 is 0 Å². The summed E-state index contributed by atoms with van der Waals surface area (Å²) in [5.74, 6) is -9.43. The van der Waals surface area contributed by atoms with Gasteiger partial charge in [0.05, 0.1) is 37.9 Å². The van der Waals surface area contributed by atoms with Crippen LogP contribution in [0.15, 0.2) is 72.9 Å². The number of hydrogen-bond donors (Lipinski definition) is 3. The highest BCUT2D eigenvalue weighted by Gasteiger charge is 2.38. The van der Waals surface area contributed by atoms with E-state index in [1.54, 1.807) is 13.0 Å². The van der Waals surface area contributed by atoms with E-state index in [1.807, 2.05) is 49.5 Å². The summed E-state index contributed by atoms with van der Waals surface area (Å²) >= 11 is 0. The molecular weight excluding hydrogens is 1120 g/mol. The number of unbranched alkanes of at least 4 members (excludes halogenated alkanes) is 21. The predicted octanol–water partition coefficient (Wildman–Crippen LogP) is 14.1. The second-order valence-corrected chi connectivity index (χ2v) is 24.2. The highest BCUT2D eigenvalue weighted by Crippen LogP contribution is 2.31. The van der Waals surface area contributed by atoms with E-state index in [0.29, 0.717) is 32.1 Å². The van der Waals surface area contributed by atoms with Crippen molar-refractivity contribution in [1.29, 1.82) is 0 Å². The van der Waals surface area contributed by atoms with Gasteiger partial charge in [-0.25, -0.2) is 0 Å². The van der Waals surface area contributed by atoms with Crippen LogP contribution in [-0.2, 0) is 57.3 Å². The molecule has 0 radical (unpaired) electrons. The molecule has 1 saturated heterocycles. The smallest absolute Gasteiger partial charge is 0.520 e. The van der Waals surface area contributed by atoms with Gasteiger partial charge in [0.1, 0.15) is 25.0 Å². The number of ether oxygens (including phenoxy) is 4. The number of carboxylic acids is 2. The lowest BCUT2D eigenvalue weighted by Crippen LogP contribution is -2.36. The van der Waals surface area contributed by atoms with Gasteiger partial charge in [-0.05, 0) is 108 Å². The summed E-state index contributed by atoms with van der Waals surface area (Å²) in [6, 6.07) is 0. The Morgan fingerprint density at radius 2 is 1.18 bits per heavy atom. The molecule has 0 spiro atoms. The van der Waals surface area contributed by atoms with E-state index in [1.165, 1.54) is 25.7 Å². The fraction of sp³-hybridized carbons (Fsp3) is 0.718. The number of carbonyl (C=O) groups excluding carboxylic acids is 6. The zero-order chi connectivity index (χ0) is 65.1. The number of aliphatic hydroxyl groups is 1. The number of aliphatic carboxylic acids is 2. The molecule has 1 rings (SSSR count). The van der Waals surface area contributed by atoms with Gasteiger partial charge in [-0.1, -0.05) is 203 Å². The quantitative estimate of drug-likeness (QED) is 0.00971. The second-order valence-electron chi connectivity index (χ2n) is 24.2. The molecule has 0 aromatic heterocycles. The van der Waals surface area contributed by atoms with Crippen molar-refractivity contribution < 1.29 is 82.8 Å². The topological polar surface area (TPSA) is 280 Å². The minimum Gasteiger partial charge on any atom is -0.565 e. The van der Waals surface area contributed by atoms with Crippen molar-refractivity contribution in [2.75, 3.05) is 19.8 Å². The van der Waals surface area contributed by atoms with Crippen LogP contribution in [0.25, 0.3) is 0 Å². The number of rotatable bonds is 59. The van der Waals surface area contributed by atoms with Crippen LogP contribution in [0, 0.1) is 35.5 Å². The first-order valence-electron chi connectivity index (χ1n) is 33.7. The summed E-state index contributed by atoms with van der Waals surface area (Å²) in [5.41, 5.74) is 0. The van der Waals surface area contributed by atoms with Gasteiger partial charge in [0.2, 0.25) is 0 Å². The maximum Gasteiger partial charge on any atom is 0.520 e. The highest BCUT2D eigenvalue weighted by molar-refractivity contribution is 5.95. The molecule has 1 aliphatic rings. The van der Waals surface area contributed by atoms with Gasteiger partial charge in [0, 0.05) is 28.9 Å². The molecule has 7 N–H and O–H groups in total. The van der Waals surface area contributed by atoms with E-state index in [-0.39, 0.29) is 69.0 Å². The summed E-state index contributed by atoms with van der Waals surface area (Å²) in [6.45, 7) is 7.45. The van der Waals surface area contributed by atoms with Crippen LogP contribution in [0.2, 0.25) is 0 Å². The van der Waals surface area contributed by atoms with Crippen molar-refractivity contribution in [3.05, 3.63) is 72.9 Å². The van der Waals surface area contributed by atoms with E-state index >= 15 is 0 Å². The molecule has 1 heterocycles. The number of carbonyl (C=O) groups is 8. The minimum atomic E-state index is -1.46. The normalized spacial score (nSPS) is 16.7. The van der Waals surface area contributed by atoms with Gasteiger partial charge in [-0.3, -0.25) is 28.8 Å². The number of esters is 3. The van der Waals surface area contributed by atoms with Crippen molar-refractivity contribution in [1.82, 2.24) is 0 Å². The average Bonchev–Trinajstić information content (AvgIpc) is 4.02. The summed E-state index contributed by atoms with van der Waals surface area (Å²) in [5, 5.41) is 44.7. The lowest BCUT2D eigenvalue weighted by atomic mass is 9.85. The molecule has 17 heteroatoms. The summed E-state index contributed by atoms with van der Waals surface area (Å²) in [7, 11) is 0. The van der Waals surface area contributed by atoms with Crippen LogP contribution < -0.4 is 0 Å². The Kier molecular flexibility index (Phi) is 47.8. The van der Waals surface area contributed by atoms with E-state index in [2.05, 4.69) is 38.2 Å². The Balaban J connectivity index is 2.65. The molecule has 1 aliphatic heterocycles. The molecule has 8 unspecified atom stereocenters. The summed E-state index contributed by atoms with van der Waals surface area (Å²) in [4.78, 5) is 96.4. The second kappa shape index (κ2) is 52.3. The highest BCUT2D eigenvalue weighted by atomic mass is 16.6. The number of carboxylic acid groups (broad SMARTS) is 2. The largest absolute Gasteiger partial charge is 0.565 e. The molecule has 0 saturated carbocycles. The molecule has 88 heavy (non-hydrogen) atoms. The van der Waals surface area contributed by atoms with E-state index in [0.717, 1.165) is 148 Å². The van der Waals surface area contributed by atoms with Gasteiger partial charge >= 0.3 is 41.8 Å². The Labute approximate surface area is 527 Å². The molecule has 0 aromatic rings. The van der Waals surface area contributed by atoms with Gasteiger partial charge in [-0.2, -0.15) is 0 Å². The third kappa shape index (κ3) is 43.2. The fourth-order valence-electron chi connectivity index (χ4n) is 10.9. The SMILES string of the molecule is CCCCCCCCC(/C=C/CCCCCCC(=O)OC(COCC(=O)CCCCCCC/C=C\C=C\C(CCCCC)C(CC(=O)[OH2+])C(=O)O)COC(C)(O)CCCCCCC/C=C\C/C=C\C=C\C(CC)C(CC(=O)O)C(=O)[OH2+])C1CC(=O)OC1=O.